The van der Waals surface area contributed by atoms with Crippen LogP contribution in [0.4, 0.5) is 0 Å². The third-order valence-electron chi connectivity index (χ3n) is 2.52. The van der Waals surface area contributed by atoms with Gasteiger partial charge in [0.1, 0.15) is 6.04 Å². The van der Waals surface area contributed by atoms with Crippen molar-refractivity contribution in [3.05, 3.63) is 35.9 Å². The zero-order chi connectivity index (χ0) is 14.3. The summed E-state index contributed by atoms with van der Waals surface area (Å²) in [6.45, 7) is 0. The molecule has 0 aromatic heterocycles. The maximum Gasteiger partial charge on any atom is 0.326 e. The molecule has 0 aliphatic carbocycles. The summed E-state index contributed by atoms with van der Waals surface area (Å²) in [7, 11) is 0. The molecule has 1 aromatic rings. The van der Waals surface area contributed by atoms with Crippen molar-refractivity contribution in [3.8, 4) is 0 Å². The summed E-state index contributed by atoms with van der Waals surface area (Å²) < 4.78 is 0. The van der Waals surface area contributed by atoms with Gasteiger partial charge in [-0.25, -0.2) is 4.79 Å². The van der Waals surface area contributed by atoms with Gasteiger partial charge < -0.3 is 16.2 Å². The van der Waals surface area contributed by atoms with Gasteiger partial charge >= 0.3 is 5.97 Å². The number of nitrogens with one attached hydrogen (secondary N) is 1. The van der Waals surface area contributed by atoms with Gasteiger partial charge in [-0.1, -0.05) is 30.3 Å². The van der Waals surface area contributed by atoms with Crippen LogP contribution in [0, 0.1) is 0 Å². The van der Waals surface area contributed by atoms with Crippen molar-refractivity contribution in [2.75, 3.05) is 0 Å². The molecule has 1 rings (SSSR count). The van der Waals surface area contributed by atoms with Crippen LogP contribution >= 0.6 is 0 Å². The Hall–Kier alpha value is -1.37. The molecule has 4 N–H and O–H groups in total. The minimum absolute atomic E-state index is 0. The summed E-state index contributed by atoms with van der Waals surface area (Å²) in [6.07, 6.45) is 0.00890. The zero-order valence-corrected chi connectivity index (χ0v) is 13.3. The van der Waals surface area contributed by atoms with Crippen LogP contribution in [0.3, 0.4) is 0 Å². The molecule has 2 amide bonds. The van der Waals surface area contributed by atoms with E-state index < -0.39 is 23.8 Å². The number of carbonyl (C=O) groups is 3. The van der Waals surface area contributed by atoms with Crippen molar-refractivity contribution in [1.82, 2.24) is 5.32 Å². The normalized spacial score (nSPS) is 11.0. The van der Waals surface area contributed by atoms with Crippen LogP contribution < -0.4 is 11.1 Å². The van der Waals surface area contributed by atoms with E-state index in [9.17, 15) is 14.4 Å². The van der Waals surface area contributed by atoms with Crippen molar-refractivity contribution in [3.63, 3.8) is 0 Å². The Bertz CT molecular complexity index is 465. The summed E-state index contributed by atoms with van der Waals surface area (Å²) in [6, 6.07) is 7.88. The molecular formula is C13H16N2NaO4. The molecule has 1 atom stereocenters. The smallest absolute Gasteiger partial charge is 0.326 e. The first-order valence-electron chi connectivity index (χ1n) is 5.83. The molecule has 20 heavy (non-hydrogen) atoms. The fourth-order valence-corrected chi connectivity index (χ4v) is 1.57. The average molecular weight is 287 g/mol. The summed E-state index contributed by atoms with van der Waals surface area (Å²) in [5.74, 6) is -2.17. The molecule has 0 aliphatic heterocycles. The number of hydrogen-bond donors (Lipinski definition) is 3. The SMILES string of the molecule is NC(=O)CCC(NC(=O)Cc1ccccc1)C(=O)O.[Na]. The monoisotopic (exact) mass is 287 g/mol. The zero-order valence-electron chi connectivity index (χ0n) is 11.3. The van der Waals surface area contributed by atoms with E-state index in [1.807, 2.05) is 6.07 Å². The number of benzene rings is 1. The Morgan fingerprint density at radius 1 is 1.20 bits per heavy atom. The molecule has 7 heteroatoms. The van der Waals surface area contributed by atoms with E-state index in [-0.39, 0.29) is 48.8 Å². The van der Waals surface area contributed by atoms with E-state index in [0.717, 1.165) is 5.56 Å². The molecule has 1 radical (unpaired) electrons. The molecule has 0 heterocycles. The number of carboxylic acid groups (broad SMARTS) is 1. The number of amides is 2. The second-order valence-corrected chi connectivity index (χ2v) is 4.13. The molecule has 6 nitrogen and oxygen atoms in total. The average Bonchev–Trinajstić information content (AvgIpc) is 2.35. The Labute approximate surface area is 139 Å². The van der Waals surface area contributed by atoms with Crippen molar-refractivity contribution in [2.45, 2.75) is 25.3 Å². The molecule has 1 aromatic carbocycles. The van der Waals surface area contributed by atoms with Crippen LogP contribution in [0.25, 0.3) is 0 Å². The fourth-order valence-electron chi connectivity index (χ4n) is 1.57. The number of aliphatic carboxylic acids is 1. The Morgan fingerprint density at radius 3 is 2.30 bits per heavy atom. The van der Waals surface area contributed by atoms with Crippen molar-refractivity contribution >= 4 is 47.3 Å². The molecule has 103 valence electrons. The Kier molecular flexibility index (Phi) is 8.87. The molecule has 0 bridgehead atoms. The first-order chi connectivity index (χ1) is 8.99. The molecule has 0 aliphatic rings. The van der Waals surface area contributed by atoms with Gasteiger partial charge in [0.2, 0.25) is 11.8 Å². The van der Waals surface area contributed by atoms with Gasteiger partial charge in [-0.3, -0.25) is 9.59 Å². The largest absolute Gasteiger partial charge is 0.480 e. The second kappa shape index (κ2) is 9.52. The minimum Gasteiger partial charge on any atom is -0.480 e. The van der Waals surface area contributed by atoms with Crippen LogP contribution in [-0.4, -0.2) is 58.5 Å². The quantitative estimate of drug-likeness (QED) is 0.597. The Morgan fingerprint density at radius 2 is 1.80 bits per heavy atom. The summed E-state index contributed by atoms with van der Waals surface area (Å²) in [5, 5.41) is 11.3. The predicted octanol–water partition coefficient (Wildman–Crippen LogP) is -0.317. The number of hydrogen-bond acceptors (Lipinski definition) is 3. The minimum atomic E-state index is -1.18. The third-order valence-corrected chi connectivity index (χ3v) is 2.52. The number of nitrogens with two attached hydrogens (primary N) is 1. The second-order valence-electron chi connectivity index (χ2n) is 4.13. The number of carboxylic acids is 1. The number of carbonyl (C=O) groups excluding carboxylic acids is 2. The molecule has 0 saturated heterocycles. The van der Waals surface area contributed by atoms with E-state index in [2.05, 4.69) is 5.32 Å². The van der Waals surface area contributed by atoms with Crippen LogP contribution in [-0.2, 0) is 20.8 Å². The van der Waals surface area contributed by atoms with E-state index in [1.54, 1.807) is 24.3 Å². The van der Waals surface area contributed by atoms with Gasteiger partial charge in [-0.05, 0) is 12.0 Å². The molecular weight excluding hydrogens is 271 g/mol. The standard InChI is InChI=1S/C13H16N2O4.Na/c14-11(16)7-6-10(13(18)19)15-12(17)8-9-4-2-1-3-5-9;/h1-5,10H,6-8H2,(H2,14,16)(H,15,17)(H,18,19);. The first-order valence-corrected chi connectivity index (χ1v) is 5.83. The van der Waals surface area contributed by atoms with Crippen LogP contribution in [0.5, 0.6) is 0 Å². The maximum absolute atomic E-state index is 11.7. The van der Waals surface area contributed by atoms with Gasteiger partial charge in [-0.15, -0.1) is 0 Å². The van der Waals surface area contributed by atoms with Gasteiger partial charge in [0.25, 0.3) is 0 Å². The van der Waals surface area contributed by atoms with E-state index in [1.165, 1.54) is 0 Å². The first kappa shape index (κ1) is 18.6. The molecule has 0 fully saturated rings. The van der Waals surface area contributed by atoms with Crippen LogP contribution in [0.1, 0.15) is 18.4 Å². The molecule has 1 unspecified atom stereocenters. The third kappa shape index (κ3) is 7.28. The summed E-state index contributed by atoms with van der Waals surface area (Å²) in [5.41, 5.74) is 5.74. The topological polar surface area (TPSA) is 109 Å². The van der Waals surface area contributed by atoms with Gasteiger partial charge in [-0.2, -0.15) is 0 Å². The molecule has 0 saturated carbocycles. The number of primary amides is 1. The van der Waals surface area contributed by atoms with Gasteiger partial charge in [0.05, 0.1) is 6.42 Å². The predicted molar refractivity (Wildman–Crippen MR) is 73.9 cm³/mol. The molecule has 0 spiro atoms. The summed E-state index contributed by atoms with van der Waals surface area (Å²) in [4.78, 5) is 33.2. The van der Waals surface area contributed by atoms with Gasteiger partial charge in [0, 0.05) is 36.0 Å². The van der Waals surface area contributed by atoms with E-state index in [0.29, 0.717) is 0 Å². The van der Waals surface area contributed by atoms with Crippen molar-refractivity contribution < 1.29 is 19.5 Å². The Balaban J connectivity index is 0.00000361. The van der Waals surface area contributed by atoms with Gasteiger partial charge in [0.15, 0.2) is 0 Å². The summed E-state index contributed by atoms with van der Waals surface area (Å²) >= 11 is 0. The van der Waals surface area contributed by atoms with Crippen molar-refractivity contribution in [1.29, 1.82) is 0 Å². The number of rotatable bonds is 7. The van der Waals surface area contributed by atoms with Crippen LogP contribution in [0.15, 0.2) is 30.3 Å². The van der Waals surface area contributed by atoms with E-state index in [4.69, 9.17) is 10.8 Å². The fraction of sp³-hybridized carbons (Fsp3) is 0.308. The maximum atomic E-state index is 11.7. The van der Waals surface area contributed by atoms with E-state index >= 15 is 0 Å². The van der Waals surface area contributed by atoms with Crippen molar-refractivity contribution in [2.24, 2.45) is 5.73 Å². The van der Waals surface area contributed by atoms with Crippen LogP contribution in [0.2, 0.25) is 0 Å².